The summed E-state index contributed by atoms with van der Waals surface area (Å²) in [6.07, 6.45) is 0. The molecule has 0 aliphatic carbocycles. The summed E-state index contributed by atoms with van der Waals surface area (Å²) in [6.45, 7) is 0. The van der Waals surface area contributed by atoms with E-state index in [1.165, 1.54) is 14.2 Å². The summed E-state index contributed by atoms with van der Waals surface area (Å²) in [6, 6.07) is 9.95. The fourth-order valence-electron chi connectivity index (χ4n) is 2.40. The van der Waals surface area contributed by atoms with Gasteiger partial charge in [0.2, 0.25) is 11.2 Å². The van der Waals surface area contributed by atoms with Crippen LogP contribution < -0.4 is 14.9 Å². The quantitative estimate of drug-likeness (QED) is 0.789. The third-order valence-corrected chi connectivity index (χ3v) is 3.85. The van der Waals surface area contributed by atoms with Crippen LogP contribution in [-0.2, 0) is 0 Å². The molecule has 1 N–H and O–H groups in total. The molecule has 0 spiro atoms. The fraction of sp³-hybridized carbons (Fsp3) is 0.118. The van der Waals surface area contributed by atoms with Gasteiger partial charge < -0.3 is 19.0 Å². The third-order valence-electron chi connectivity index (χ3n) is 3.51. The van der Waals surface area contributed by atoms with Gasteiger partial charge in [-0.2, -0.15) is 0 Å². The molecule has 0 aliphatic heterocycles. The van der Waals surface area contributed by atoms with Crippen LogP contribution in [0.25, 0.3) is 22.3 Å². The van der Waals surface area contributed by atoms with Gasteiger partial charge in [0.25, 0.3) is 0 Å². The van der Waals surface area contributed by atoms with E-state index < -0.39 is 0 Å². The first kappa shape index (κ1) is 15.2. The van der Waals surface area contributed by atoms with Crippen LogP contribution in [0.1, 0.15) is 0 Å². The van der Waals surface area contributed by atoms with Crippen LogP contribution in [0.3, 0.4) is 0 Å². The molecular weight excluding hydrogens is 320 g/mol. The second-order valence-electron chi connectivity index (χ2n) is 4.77. The average Bonchev–Trinajstić information content (AvgIpc) is 2.58. The van der Waals surface area contributed by atoms with Crippen LogP contribution in [0, 0.1) is 0 Å². The van der Waals surface area contributed by atoms with Gasteiger partial charge in [-0.25, -0.2) is 0 Å². The lowest BCUT2D eigenvalue weighted by Gasteiger charge is -2.13. The van der Waals surface area contributed by atoms with Gasteiger partial charge in [0.1, 0.15) is 10.6 Å². The van der Waals surface area contributed by atoms with E-state index in [4.69, 9.17) is 25.5 Å². The molecule has 1 heterocycles. The largest absolute Gasteiger partial charge is 0.502 e. The highest BCUT2D eigenvalue weighted by Crippen LogP contribution is 2.45. The Balaban J connectivity index is 2.35. The SMILES string of the molecule is COc1ccc(-c2oc3ccccc3c(=O)c2Cl)c(OC)c1O. The van der Waals surface area contributed by atoms with Gasteiger partial charge in [-0.1, -0.05) is 23.7 Å². The van der Waals surface area contributed by atoms with Crippen molar-refractivity contribution in [3.8, 4) is 28.6 Å². The lowest BCUT2D eigenvalue weighted by Crippen LogP contribution is -2.04. The van der Waals surface area contributed by atoms with Crippen molar-refractivity contribution >= 4 is 22.6 Å². The van der Waals surface area contributed by atoms with Crippen molar-refractivity contribution in [2.24, 2.45) is 0 Å². The first-order chi connectivity index (χ1) is 11.1. The Hall–Kier alpha value is -2.66. The molecule has 23 heavy (non-hydrogen) atoms. The van der Waals surface area contributed by atoms with Gasteiger partial charge in [0, 0.05) is 0 Å². The second kappa shape index (κ2) is 5.85. The van der Waals surface area contributed by atoms with Gasteiger partial charge in [0.15, 0.2) is 17.3 Å². The molecule has 0 unspecified atom stereocenters. The zero-order valence-corrected chi connectivity index (χ0v) is 13.2. The Labute approximate surface area is 136 Å². The van der Waals surface area contributed by atoms with Crippen molar-refractivity contribution in [1.29, 1.82) is 0 Å². The Morgan fingerprint density at radius 1 is 1.09 bits per heavy atom. The zero-order valence-electron chi connectivity index (χ0n) is 12.4. The van der Waals surface area contributed by atoms with E-state index in [0.717, 1.165) is 0 Å². The molecule has 6 heteroatoms. The smallest absolute Gasteiger partial charge is 0.211 e. The van der Waals surface area contributed by atoms with E-state index in [1.807, 2.05) is 0 Å². The number of methoxy groups -OCH3 is 2. The molecule has 0 aliphatic rings. The number of phenols is 1. The molecule has 0 amide bonds. The maximum Gasteiger partial charge on any atom is 0.211 e. The van der Waals surface area contributed by atoms with Gasteiger partial charge in [-0.15, -0.1) is 0 Å². The standard InChI is InChI=1S/C17H13ClO5/c1-21-12-8-7-10(17(22-2)15(12)20)16-13(18)14(19)9-5-3-4-6-11(9)23-16/h3-8,20H,1-2H3. The summed E-state index contributed by atoms with van der Waals surface area (Å²) in [5.74, 6) is 0.291. The Morgan fingerprint density at radius 2 is 1.83 bits per heavy atom. The van der Waals surface area contributed by atoms with Crippen LogP contribution in [-0.4, -0.2) is 19.3 Å². The highest BCUT2D eigenvalue weighted by molar-refractivity contribution is 6.33. The molecule has 0 atom stereocenters. The summed E-state index contributed by atoms with van der Waals surface area (Å²) < 4.78 is 16.0. The predicted octanol–water partition coefficient (Wildman–Crippen LogP) is 3.84. The zero-order chi connectivity index (χ0) is 16.6. The predicted molar refractivity (Wildman–Crippen MR) is 87.7 cm³/mol. The van der Waals surface area contributed by atoms with Crippen LogP contribution in [0.2, 0.25) is 5.02 Å². The monoisotopic (exact) mass is 332 g/mol. The molecule has 118 valence electrons. The molecule has 0 bridgehead atoms. The number of phenolic OH excluding ortho intramolecular Hbond substituents is 1. The van der Waals surface area contributed by atoms with Crippen molar-refractivity contribution in [2.75, 3.05) is 14.2 Å². The second-order valence-corrected chi connectivity index (χ2v) is 5.15. The van der Waals surface area contributed by atoms with Crippen molar-refractivity contribution in [3.05, 3.63) is 51.6 Å². The highest BCUT2D eigenvalue weighted by atomic mass is 35.5. The number of benzene rings is 2. The maximum atomic E-state index is 12.4. The molecule has 2 aromatic carbocycles. The van der Waals surface area contributed by atoms with Crippen molar-refractivity contribution in [2.45, 2.75) is 0 Å². The van der Waals surface area contributed by atoms with E-state index >= 15 is 0 Å². The van der Waals surface area contributed by atoms with Crippen LogP contribution in [0.5, 0.6) is 17.2 Å². The lowest BCUT2D eigenvalue weighted by atomic mass is 10.1. The summed E-state index contributed by atoms with van der Waals surface area (Å²) in [5.41, 5.74) is 0.411. The Kier molecular flexibility index (Phi) is 3.88. The molecule has 0 radical (unpaired) electrons. The van der Waals surface area contributed by atoms with E-state index in [-0.39, 0.29) is 33.5 Å². The summed E-state index contributed by atoms with van der Waals surface area (Å²) >= 11 is 6.19. The number of rotatable bonds is 3. The molecule has 3 aromatic rings. The lowest BCUT2D eigenvalue weighted by molar-refractivity contribution is 0.340. The topological polar surface area (TPSA) is 68.9 Å². The molecule has 0 fully saturated rings. The summed E-state index contributed by atoms with van der Waals surface area (Å²) in [5, 5.41) is 10.5. The molecular formula is C17H13ClO5. The minimum atomic E-state index is -0.346. The average molecular weight is 333 g/mol. The van der Waals surface area contributed by atoms with Crippen LogP contribution in [0.15, 0.2) is 45.6 Å². The summed E-state index contributed by atoms with van der Waals surface area (Å²) in [7, 11) is 2.82. The number of fused-ring (bicyclic) bond motifs is 1. The van der Waals surface area contributed by atoms with E-state index in [0.29, 0.717) is 16.5 Å². The van der Waals surface area contributed by atoms with Crippen molar-refractivity contribution < 1.29 is 19.0 Å². The normalized spacial score (nSPS) is 10.7. The van der Waals surface area contributed by atoms with E-state index in [9.17, 15) is 9.90 Å². The van der Waals surface area contributed by atoms with Crippen LogP contribution >= 0.6 is 11.6 Å². The number of ether oxygens (including phenoxy) is 2. The number of para-hydroxylation sites is 1. The molecule has 0 saturated carbocycles. The fourth-order valence-corrected chi connectivity index (χ4v) is 2.64. The van der Waals surface area contributed by atoms with Gasteiger partial charge in [-0.3, -0.25) is 4.79 Å². The van der Waals surface area contributed by atoms with Gasteiger partial charge in [0.05, 0.1) is 25.2 Å². The minimum Gasteiger partial charge on any atom is -0.502 e. The molecule has 3 rings (SSSR count). The van der Waals surface area contributed by atoms with Crippen molar-refractivity contribution in [1.82, 2.24) is 0 Å². The Bertz CT molecular complexity index is 946. The minimum absolute atomic E-state index is 0.0773. The number of hydrogen-bond acceptors (Lipinski definition) is 5. The highest BCUT2D eigenvalue weighted by Gasteiger charge is 2.21. The van der Waals surface area contributed by atoms with Gasteiger partial charge in [-0.05, 0) is 24.3 Å². The molecule has 0 saturated heterocycles. The number of hydrogen-bond donors (Lipinski definition) is 1. The van der Waals surface area contributed by atoms with Gasteiger partial charge >= 0.3 is 0 Å². The molecule has 1 aromatic heterocycles. The Morgan fingerprint density at radius 3 is 2.52 bits per heavy atom. The number of halogens is 1. The van der Waals surface area contributed by atoms with E-state index in [2.05, 4.69) is 0 Å². The number of aromatic hydroxyl groups is 1. The van der Waals surface area contributed by atoms with E-state index in [1.54, 1.807) is 36.4 Å². The first-order valence-electron chi connectivity index (χ1n) is 6.74. The third kappa shape index (κ3) is 2.39. The molecule has 5 nitrogen and oxygen atoms in total. The maximum absolute atomic E-state index is 12.4. The first-order valence-corrected chi connectivity index (χ1v) is 7.12. The van der Waals surface area contributed by atoms with Crippen molar-refractivity contribution in [3.63, 3.8) is 0 Å². The van der Waals surface area contributed by atoms with Crippen LogP contribution in [0.4, 0.5) is 0 Å². The summed E-state index contributed by atoms with van der Waals surface area (Å²) in [4.78, 5) is 12.4.